The Balaban J connectivity index is 3.06. The zero-order chi connectivity index (χ0) is 13.7. The molecule has 7 heteroatoms. The molecule has 0 aliphatic rings. The van der Waals surface area contributed by atoms with E-state index in [4.69, 9.17) is 4.74 Å². The molecule has 0 atom stereocenters. The van der Waals surface area contributed by atoms with Crippen molar-refractivity contribution in [2.45, 2.75) is 25.1 Å². The first kappa shape index (κ1) is 14.8. The molecule has 100 valence electrons. The van der Waals surface area contributed by atoms with Crippen LogP contribution in [0.2, 0.25) is 0 Å². The molecule has 4 nitrogen and oxygen atoms in total. The maximum Gasteiger partial charge on any atom is 0.311 e. The molecule has 0 aliphatic carbocycles. The minimum Gasteiger partial charge on any atom is -0.505 e. The van der Waals surface area contributed by atoms with E-state index in [0.717, 1.165) is 0 Å². The molecule has 1 aromatic heterocycles. The van der Waals surface area contributed by atoms with E-state index >= 15 is 0 Å². The van der Waals surface area contributed by atoms with Crippen LogP contribution in [0.25, 0.3) is 0 Å². The van der Waals surface area contributed by atoms with E-state index < -0.39 is 23.8 Å². The minimum absolute atomic E-state index is 0.149. The molecule has 0 aromatic carbocycles. The Morgan fingerprint density at radius 1 is 1.61 bits per heavy atom. The van der Waals surface area contributed by atoms with Crippen molar-refractivity contribution in [2.24, 2.45) is 0 Å². The van der Waals surface area contributed by atoms with Crippen molar-refractivity contribution in [2.75, 3.05) is 6.61 Å². The quantitative estimate of drug-likeness (QED) is 0.668. The lowest BCUT2D eigenvalue weighted by atomic mass is 10.1. The second-order valence-corrected chi connectivity index (χ2v) is 3.98. The summed E-state index contributed by atoms with van der Waals surface area (Å²) in [5, 5.41) is 9.72. The van der Waals surface area contributed by atoms with Gasteiger partial charge >= 0.3 is 5.97 Å². The summed E-state index contributed by atoms with van der Waals surface area (Å²) in [5.74, 6) is -1.09. The molecule has 1 heterocycles. The third kappa shape index (κ3) is 3.63. The number of hydrogen-bond donors (Lipinski definition) is 1. The molecule has 0 saturated heterocycles. The Labute approximate surface area is 111 Å². The first-order chi connectivity index (χ1) is 8.49. The largest absolute Gasteiger partial charge is 0.505 e. The van der Waals surface area contributed by atoms with E-state index in [0.29, 0.717) is 0 Å². The van der Waals surface area contributed by atoms with Crippen molar-refractivity contribution in [1.82, 2.24) is 4.98 Å². The van der Waals surface area contributed by atoms with Gasteiger partial charge in [-0.15, -0.1) is 0 Å². The van der Waals surface area contributed by atoms with Gasteiger partial charge in [-0.2, -0.15) is 0 Å². The molecule has 0 radical (unpaired) electrons. The van der Waals surface area contributed by atoms with Gasteiger partial charge in [0.1, 0.15) is 11.4 Å². The predicted molar refractivity (Wildman–Crippen MR) is 63.8 cm³/mol. The fourth-order valence-electron chi connectivity index (χ4n) is 1.38. The normalized spacial score (nSPS) is 10.7. The Morgan fingerprint density at radius 3 is 2.78 bits per heavy atom. The van der Waals surface area contributed by atoms with Crippen LogP contribution in [0.5, 0.6) is 5.75 Å². The number of rotatable bonds is 5. The summed E-state index contributed by atoms with van der Waals surface area (Å²) in [6, 6.07) is 1.40. The Bertz CT molecular complexity index is 441. The van der Waals surface area contributed by atoms with E-state index in [1.807, 2.05) is 0 Å². The molecule has 1 aromatic rings. The third-order valence-electron chi connectivity index (χ3n) is 2.13. The average molecular weight is 324 g/mol. The van der Waals surface area contributed by atoms with E-state index in [2.05, 4.69) is 20.9 Å². The summed E-state index contributed by atoms with van der Waals surface area (Å²) >= 11 is 3.07. The number of aromatic nitrogens is 1. The standard InChI is InChI=1S/C11H12BrF2NO3/c1-2-18-8(16)4-7-3-6(5-12)10(17)9(15-7)11(13)14/h3,11,17H,2,4-5H2,1H3. The van der Waals surface area contributed by atoms with Crippen molar-refractivity contribution < 1.29 is 23.4 Å². The van der Waals surface area contributed by atoms with Gasteiger partial charge in [0.25, 0.3) is 6.43 Å². The predicted octanol–water partition coefficient (Wildman–Crippen LogP) is 2.73. The lowest BCUT2D eigenvalue weighted by Crippen LogP contribution is -2.10. The average Bonchev–Trinajstić information content (AvgIpc) is 2.31. The summed E-state index contributed by atoms with van der Waals surface area (Å²) < 4.78 is 30.0. The van der Waals surface area contributed by atoms with Crippen LogP contribution in [-0.2, 0) is 21.3 Å². The van der Waals surface area contributed by atoms with Crippen LogP contribution >= 0.6 is 15.9 Å². The van der Waals surface area contributed by atoms with Gasteiger partial charge in [-0.25, -0.2) is 13.8 Å². The Morgan fingerprint density at radius 2 is 2.28 bits per heavy atom. The Hall–Kier alpha value is -1.24. The van der Waals surface area contributed by atoms with Crippen LogP contribution in [0.4, 0.5) is 8.78 Å². The van der Waals surface area contributed by atoms with Crippen molar-refractivity contribution in [3.8, 4) is 5.75 Å². The van der Waals surface area contributed by atoms with Gasteiger partial charge < -0.3 is 9.84 Å². The second-order valence-electron chi connectivity index (χ2n) is 3.42. The van der Waals surface area contributed by atoms with Crippen LogP contribution in [-0.4, -0.2) is 22.7 Å². The fourth-order valence-corrected chi connectivity index (χ4v) is 1.81. The van der Waals surface area contributed by atoms with E-state index in [-0.39, 0.29) is 29.6 Å². The molecule has 0 aliphatic heterocycles. The molecule has 0 amide bonds. The fraction of sp³-hybridized carbons (Fsp3) is 0.455. The van der Waals surface area contributed by atoms with Crippen LogP contribution in [0.1, 0.15) is 30.3 Å². The second kappa shape index (κ2) is 6.63. The van der Waals surface area contributed by atoms with Gasteiger partial charge in [0.2, 0.25) is 0 Å². The monoisotopic (exact) mass is 323 g/mol. The number of aromatic hydroxyl groups is 1. The molecule has 1 N–H and O–H groups in total. The van der Waals surface area contributed by atoms with Crippen LogP contribution in [0.3, 0.4) is 0 Å². The van der Waals surface area contributed by atoms with E-state index in [1.54, 1.807) is 6.92 Å². The van der Waals surface area contributed by atoms with Gasteiger partial charge in [-0.05, 0) is 13.0 Å². The maximum absolute atomic E-state index is 12.7. The molecule has 0 unspecified atom stereocenters. The first-order valence-electron chi connectivity index (χ1n) is 5.21. The number of halogens is 3. The maximum atomic E-state index is 12.7. The lowest BCUT2D eigenvalue weighted by molar-refractivity contribution is -0.142. The van der Waals surface area contributed by atoms with Gasteiger partial charge in [0, 0.05) is 10.9 Å². The number of nitrogens with zero attached hydrogens (tertiary/aromatic N) is 1. The zero-order valence-electron chi connectivity index (χ0n) is 9.62. The molecule has 0 spiro atoms. The van der Waals surface area contributed by atoms with Crippen LogP contribution in [0.15, 0.2) is 6.07 Å². The minimum atomic E-state index is -2.90. The number of pyridine rings is 1. The number of carbonyl (C=O) groups excluding carboxylic acids is 1. The van der Waals surface area contributed by atoms with Crippen molar-refractivity contribution in [3.63, 3.8) is 0 Å². The molecule has 1 rings (SSSR count). The highest BCUT2D eigenvalue weighted by molar-refractivity contribution is 9.08. The van der Waals surface area contributed by atoms with E-state index in [9.17, 15) is 18.7 Å². The highest BCUT2D eigenvalue weighted by Gasteiger charge is 2.20. The molecule has 0 saturated carbocycles. The molecular weight excluding hydrogens is 312 g/mol. The molecule has 0 fully saturated rings. The summed E-state index contributed by atoms with van der Waals surface area (Å²) in [7, 11) is 0. The summed E-state index contributed by atoms with van der Waals surface area (Å²) in [6.45, 7) is 1.86. The molecular formula is C11H12BrF2NO3. The summed E-state index contributed by atoms with van der Waals surface area (Å²) in [5.41, 5.74) is -0.304. The first-order valence-corrected chi connectivity index (χ1v) is 6.33. The molecule has 18 heavy (non-hydrogen) atoms. The highest BCUT2D eigenvalue weighted by Crippen LogP contribution is 2.31. The van der Waals surface area contributed by atoms with Gasteiger partial charge in [-0.1, -0.05) is 15.9 Å². The van der Waals surface area contributed by atoms with E-state index in [1.165, 1.54) is 6.07 Å². The van der Waals surface area contributed by atoms with Crippen molar-refractivity contribution in [1.29, 1.82) is 0 Å². The van der Waals surface area contributed by atoms with Crippen LogP contribution in [0, 0.1) is 0 Å². The Kier molecular flexibility index (Phi) is 5.46. The van der Waals surface area contributed by atoms with Crippen molar-refractivity contribution >= 4 is 21.9 Å². The molecule has 0 bridgehead atoms. The van der Waals surface area contributed by atoms with Crippen molar-refractivity contribution in [3.05, 3.63) is 23.0 Å². The topological polar surface area (TPSA) is 59.4 Å². The number of carbonyl (C=O) groups is 1. The number of esters is 1. The lowest BCUT2D eigenvalue weighted by Gasteiger charge is -2.10. The number of ether oxygens (including phenoxy) is 1. The summed E-state index contributed by atoms with van der Waals surface area (Å²) in [6.07, 6.45) is -3.10. The third-order valence-corrected chi connectivity index (χ3v) is 2.74. The van der Waals surface area contributed by atoms with Gasteiger partial charge in [0.15, 0.2) is 0 Å². The summed E-state index contributed by atoms with van der Waals surface area (Å²) in [4.78, 5) is 14.8. The van der Waals surface area contributed by atoms with Gasteiger partial charge in [-0.3, -0.25) is 4.79 Å². The van der Waals surface area contributed by atoms with Crippen LogP contribution < -0.4 is 0 Å². The number of hydrogen-bond acceptors (Lipinski definition) is 4. The number of alkyl halides is 3. The smallest absolute Gasteiger partial charge is 0.311 e. The zero-order valence-corrected chi connectivity index (χ0v) is 11.2. The van der Waals surface area contributed by atoms with Gasteiger partial charge in [0.05, 0.1) is 18.7 Å². The SMILES string of the molecule is CCOC(=O)Cc1cc(CBr)c(O)c(C(F)F)n1. The highest BCUT2D eigenvalue weighted by atomic mass is 79.9.